The minimum atomic E-state index is -0.305. The molecule has 1 aromatic rings. The first-order valence-corrected chi connectivity index (χ1v) is 9.15. The Bertz CT molecular complexity index is 628. The SMILES string of the molecule is Cc1cc(C)n(C(C)C(=O)N2CCC(C(=O)N3CCOCC3)CC2)n1. The first-order valence-electron chi connectivity index (χ1n) is 9.15. The van der Waals surface area contributed by atoms with E-state index in [4.69, 9.17) is 4.74 Å². The summed E-state index contributed by atoms with van der Waals surface area (Å²) in [6.45, 7) is 9.71. The monoisotopic (exact) mass is 348 g/mol. The summed E-state index contributed by atoms with van der Waals surface area (Å²) in [6.07, 6.45) is 1.48. The lowest BCUT2D eigenvalue weighted by atomic mass is 9.94. The lowest BCUT2D eigenvalue weighted by molar-refractivity contribution is -0.144. The number of aryl methyl sites for hydroxylation is 2. The highest BCUT2D eigenvalue weighted by Gasteiger charge is 2.32. The van der Waals surface area contributed by atoms with Gasteiger partial charge in [0.1, 0.15) is 6.04 Å². The summed E-state index contributed by atoms with van der Waals surface area (Å²) in [5.74, 6) is 0.344. The molecule has 138 valence electrons. The Balaban J connectivity index is 1.55. The molecule has 0 N–H and O–H groups in total. The summed E-state index contributed by atoms with van der Waals surface area (Å²) in [5.41, 5.74) is 1.92. The van der Waals surface area contributed by atoms with E-state index in [1.807, 2.05) is 36.6 Å². The van der Waals surface area contributed by atoms with E-state index in [9.17, 15) is 9.59 Å². The molecule has 0 saturated carbocycles. The van der Waals surface area contributed by atoms with Crippen molar-refractivity contribution in [2.45, 2.75) is 39.7 Å². The van der Waals surface area contributed by atoms with Crippen molar-refractivity contribution in [2.75, 3.05) is 39.4 Å². The molecule has 25 heavy (non-hydrogen) atoms. The topological polar surface area (TPSA) is 67.7 Å². The highest BCUT2D eigenvalue weighted by molar-refractivity contribution is 5.82. The number of hydrogen-bond donors (Lipinski definition) is 0. The van der Waals surface area contributed by atoms with Gasteiger partial charge in [0.05, 0.1) is 18.9 Å². The molecule has 0 aromatic carbocycles. The highest BCUT2D eigenvalue weighted by Crippen LogP contribution is 2.23. The molecule has 0 spiro atoms. The van der Waals surface area contributed by atoms with Crippen LogP contribution in [0.2, 0.25) is 0 Å². The van der Waals surface area contributed by atoms with E-state index < -0.39 is 0 Å². The number of piperidine rings is 1. The number of ether oxygens (including phenoxy) is 1. The molecule has 0 aliphatic carbocycles. The van der Waals surface area contributed by atoms with E-state index in [-0.39, 0.29) is 23.8 Å². The number of hydrogen-bond acceptors (Lipinski definition) is 4. The lowest BCUT2D eigenvalue weighted by Gasteiger charge is -2.36. The number of likely N-dealkylation sites (tertiary alicyclic amines) is 1. The molecule has 2 saturated heterocycles. The molecule has 1 unspecified atom stereocenters. The van der Waals surface area contributed by atoms with Crippen LogP contribution >= 0.6 is 0 Å². The van der Waals surface area contributed by atoms with E-state index in [0.717, 1.165) is 24.2 Å². The fourth-order valence-electron chi connectivity index (χ4n) is 3.80. The second-order valence-electron chi connectivity index (χ2n) is 7.08. The van der Waals surface area contributed by atoms with Gasteiger partial charge in [0.15, 0.2) is 0 Å². The van der Waals surface area contributed by atoms with Crippen molar-refractivity contribution in [3.63, 3.8) is 0 Å². The Morgan fingerprint density at radius 1 is 1.12 bits per heavy atom. The van der Waals surface area contributed by atoms with Crippen LogP contribution in [0, 0.1) is 19.8 Å². The number of amides is 2. The molecule has 7 heteroatoms. The normalized spacial score (nSPS) is 20.6. The number of carbonyl (C=O) groups is 2. The second kappa shape index (κ2) is 7.56. The number of nitrogens with zero attached hydrogens (tertiary/aromatic N) is 4. The molecule has 3 heterocycles. The lowest BCUT2D eigenvalue weighted by Crippen LogP contribution is -2.48. The average molecular weight is 348 g/mol. The van der Waals surface area contributed by atoms with Gasteiger partial charge in [0, 0.05) is 37.8 Å². The minimum Gasteiger partial charge on any atom is -0.378 e. The van der Waals surface area contributed by atoms with Gasteiger partial charge in [-0.05, 0) is 39.7 Å². The van der Waals surface area contributed by atoms with Gasteiger partial charge in [-0.15, -0.1) is 0 Å². The largest absolute Gasteiger partial charge is 0.378 e. The molecule has 1 atom stereocenters. The molecule has 2 fully saturated rings. The van der Waals surface area contributed by atoms with E-state index in [1.165, 1.54) is 0 Å². The Kier molecular flexibility index (Phi) is 5.42. The zero-order chi connectivity index (χ0) is 18.0. The van der Waals surface area contributed by atoms with Gasteiger partial charge in [0.25, 0.3) is 0 Å². The molecule has 7 nitrogen and oxygen atoms in total. The smallest absolute Gasteiger partial charge is 0.247 e. The van der Waals surface area contributed by atoms with Gasteiger partial charge in [-0.3, -0.25) is 14.3 Å². The van der Waals surface area contributed by atoms with Gasteiger partial charge in [-0.2, -0.15) is 5.10 Å². The van der Waals surface area contributed by atoms with Gasteiger partial charge >= 0.3 is 0 Å². The third-order valence-corrected chi connectivity index (χ3v) is 5.25. The Labute approximate surface area is 148 Å². The van der Waals surface area contributed by atoms with Crippen molar-refractivity contribution >= 4 is 11.8 Å². The van der Waals surface area contributed by atoms with E-state index in [0.29, 0.717) is 39.4 Å². The number of carbonyl (C=O) groups excluding carboxylic acids is 2. The third-order valence-electron chi connectivity index (χ3n) is 5.25. The summed E-state index contributed by atoms with van der Waals surface area (Å²) < 4.78 is 7.10. The van der Waals surface area contributed by atoms with Crippen LogP contribution in [0.15, 0.2) is 6.07 Å². The third kappa shape index (κ3) is 3.86. The van der Waals surface area contributed by atoms with Crippen LogP contribution in [0.25, 0.3) is 0 Å². The number of morpholine rings is 1. The molecule has 2 amide bonds. The highest BCUT2D eigenvalue weighted by atomic mass is 16.5. The van der Waals surface area contributed by atoms with Gasteiger partial charge in [0.2, 0.25) is 11.8 Å². The van der Waals surface area contributed by atoms with Crippen molar-refractivity contribution in [3.05, 3.63) is 17.5 Å². The Morgan fingerprint density at radius 2 is 1.76 bits per heavy atom. The average Bonchev–Trinajstić information content (AvgIpc) is 2.99. The van der Waals surface area contributed by atoms with Crippen molar-refractivity contribution < 1.29 is 14.3 Å². The first kappa shape index (κ1) is 17.9. The fraction of sp³-hybridized carbons (Fsp3) is 0.722. The quantitative estimate of drug-likeness (QED) is 0.822. The molecule has 1 aromatic heterocycles. The van der Waals surface area contributed by atoms with Crippen LogP contribution in [0.5, 0.6) is 0 Å². The summed E-state index contributed by atoms with van der Waals surface area (Å²) in [4.78, 5) is 29.2. The van der Waals surface area contributed by atoms with E-state index >= 15 is 0 Å². The van der Waals surface area contributed by atoms with Crippen molar-refractivity contribution in [2.24, 2.45) is 5.92 Å². The van der Waals surface area contributed by atoms with E-state index in [1.54, 1.807) is 4.68 Å². The Hall–Kier alpha value is -1.89. The Morgan fingerprint density at radius 3 is 2.32 bits per heavy atom. The van der Waals surface area contributed by atoms with Crippen LogP contribution in [-0.2, 0) is 14.3 Å². The molecule has 0 radical (unpaired) electrons. The van der Waals surface area contributed by atoms with Crippen LogP contribution < -0.4 is 0 Å². The summed E-state index contributed by atoms with van der Waals surface area (Å²) in [6, 6.07) is 1.68. The number of rotatable bonds is 3. The maximum atomic E-state index is 12.8. The predicted octanol–water partition coefficient (Wildman–Crippen LogP) is 1.16. The summed E-state index contributed by atoms with van der Waals surface area (Å²) in [5, 5.41) is 4.43. The van der Waals surface area contributed by atoms with Gasteiger partial charge < -0.3 is 14.5 Å². The first-order chi connectivity index (χ1) is 12.0. The van der Waals surface area contributed by atoms with Crippen molar-refractivity contribution in [1.29, 1.82) is 0 Å². The molecular weight excluding hydrogens is 320 g/mol. The zero-order valence-electron chi connectivity index (χ0n) is 15.4. The fourth-order valence-corrected chi connectivity index (χ4v) is 3.80. The van der Waals surface area contributed by atoms with Crippen LogP contribution in [0.1, 0.15) is 37.2 Å². The van der Waals surface area contributed by atoms with Crippen molar-refractivity contribution in [3.8, 4) is 0 Å². The molecule has 2 aliphatic rings. The second-order valence-corrected chi connectivity index (χ2v) is 7.08. The van der Waals surface area contributed by atoms with Gasteiger partial charge in [-0.25, -0.2) is 0 Å². The maximum Gasteiger partial charge on any atom is 0.247 e. The predicted molar refractivity (Wildman–Crippen MR) is 93.1 cm³/mol. The molecule has 3 rings (SSSR count). The standard InChI is InChI=1S/C18H28N4O3/c1-13-12-14(2)22(19-13)15(3)17(23)20-6-4-16(5-7-20)18(24)21-8-10-25-11-9-21/h12,15-16H,4-11H2,1-3H3. The summed E-state index contributed by atoms with van der Waals surface area (Å²) >= 11 is 0. The van der Waals surface area contributed by atoms with Crippen LogP contribution in [0.3, 0.4) is 0 Å². The molecular formula is C18H28N4O3. The van der Waals surface area contributed by atoms with Gasteiger partial charge in [-0.1, -0.05) is 0 Å². The number of aromatic nitrogens is 2. The minimum absolute atomic E-state index is 0.0335. The molecule has 2 aliphatic heterocycles. The zero-order valence-corrected chi connectivity index (χ0v) is 15.4. The van der Waals surface area contributed by atoms with E-state index in [2.05, 4.69) is 5.10 Å². The van der Waals surface area contributed by atoms with Crippen LogP contribution in [0.4, 0.5) is 0 Å². The maximum absolute atomic E-state index is 12.8. The molecule has 0 bridgehead atoms. The van der Waals surface area contributed by atoms with Crippen LogP contribution in [-0.4, -0.2) is 70.8 Å². The summed E-state index contributed by atoms with van der Waals surface area (Å²) in [7, 11) is 0. The van der Waals surface area contributed by atoms with Crippen molar-refractivity contribution in [1.82, 2.24) is 19.6 Å².